The second-order valence-corrected chi connectivity index (χ2v) is 10.2. The van der Waals surface area contributed by atoms with Gasteiger partial charge >= 0.3 is 6.09 Å². The van der Waals surface area contributed by atoms with Gasteiger partial charge in [-0.2, -0.15) is 0 Å². The topological polar surface area (TPSA) is 86.6 Å². The van der Waals surface area contributed by atoms with Gasteiger partial charge < -0.3 is 9.64 Å². The van der Waals surface area contributed by atoms with E-state index in [4.69, 9.17) is 4.74 Å². The molecule has 0 unspecified atom stereocenters. The van der Waals surface area contributed by atoms with Crippen LogP contribution in [0.2, 0.25) is 0 Å². The van der Waals surface area contributed by atoms with E-state index in [2.05, 4.69) is 27.8 Å². The molecule has 3 aromatic rings. The molecule has 3 amide bonds. The van der Waals surface area contributed by atoms with Gasteiger partial charge in [0.2, 0.25) is 0 Å². The van der Waals surface area contributed by atoms with Crippen molar-refractivity contribution < 1.29 is 23.7 Å². The molecule has 2 aromatic carbocycles. The van der Waals surface area contributed by atoms with E-state index in [1.165, 1.54) is 10.5 Å². The first-order valence-corrected chi connectivity index (χ1v) is 12.3. The van der Waals surface area contributed by atoms with Crippen LogP contribution in [0.25, 0.3) is 16.6 Å². The standard InChI is InChI=1S/C28H30N4O4/c1-5-31-23-16-19(18-12-14-30(15-13-18)27(35)36-28(2,3)4)10-11-22(23)29-24(31)17-32-25(33)20-8-6-7-9-21(20)26(32)34/h6-12,16H,5,13-15,17H2,1-4H3/p+1. The molecule has 3 heterocycles. The van der Waals surface area contributed by atoms with Gasteiger partial charge in [-0.15, -0.1) is 0 Å². The normalized spacial score (nSPS) is 15.9. The number of aromatic nitrogens is 2. The Morgan fingerprint density at radius 1 is 1.08 bits per heavy atom. The summed E-state index contributed by atoms with van der Waals surface area (Å²) in [5.74, 6) is 0.270. The predicted molar refractivity (Wildman–Crippen MR) is 135 cm³/mol. The van der Waals surface area contributed by atoms with E-state index in [1.54, 1.807) is 29.2 Å². The van der Waals surface area contributed by atoms with Crippen molar-refractivity contribution in [2.24, 2.45) is 0 Å². The first kappa shape index (κ1) is 23.8. The van der Waals surface area contributed by atoms with Crippen LogP contribution in [-0.2, 0) is 17.8 Å². The number of benzene rings is 2. The van der Waals surface area contributed by atoms with Gasteiger partial charge in [0.1, 0.15) is 12.1 Å². The van der Waals surface area contributed by atoms with Crippen molar-refractivity contribution in [1.29, 1.82) is 0 Å². The van der Waals surface area contributed by atoms with Gasteiger partial charge in [-0.3, -0.25) is 14.5 Å². The van der Waals surface area contributed by atoms with Crippen LogP contribution in [0.4, 0.5) is 4.79 Å². The van der Waals surface area contributed by atoms with E-state index in [0.717, 1.165) is 28.8 Å². The number of imidazole rings is 1. The number of rotatable bonds is 4. The molecule has 5 rings (SSSR count). The van der Waals surface area contributed by atoms with E-state index in [0.29, 0.717) is 30.8 Å². The first-order chi connectivity index (χ1) is 17.2. The molecule has 0 saturated heterocycles. The Morgan fingerprint density at radius 2 is 1.78 bits per heavy atom. The van der Waals surface area contributed by atoms with Crippen molar-refractivity contribution in [3.8, 4) is 0 Å². The first-order valence-electron chi connectivity index (χ1n) is 12.3. The lowest BCUT2D eigenvalue weighted by Crippen LogP contribution is -2.40. The lowest BCUT2D eigenvalue weighted by molar-refractivity contribution is -0.676. The Balaban J connectivity index is 1.38. The molecule has 2 aliphatic rings. The highest BCUT2D eigenvalue weighted by molar-refractivity contribution is 6.21. The van der Waals surface area contributed by atoms with Crippen LogP contribution < -0.4 is 4.57 Å². The van der Waals surface area contributed by atoms with Crippen molar-refractivity contribution in [3.63, 3.8) is 0 Å². The number of hydrogen-bond donors (Lipinski definition) is 1. The lowest BCUT2D eigenvalue weighted by atomic mass is 9.99. The summed E-state index contributed by atoms with van der Waals surface area (Å²) >= 11 is 0. The minimum Gasteiger partial charge on any atom is -0.444 e. The Bertz CT molecular complexity index is 1380. The van der Waals surface area contributed by atoms with Gasteiger partial charge in [0.05, 0.1) is 17.7 Å². The molecular formula is C28H31N4O4+. The maximum atomic E-state index is 12.9. The fraction of sp³-hybridized carbons (Fsp3) is 0.357. The van der Waals surface area contributed by atoms with Gasteiger partial charge in [-0.05, 0) is 69.5 Å². The third-order valence-electron chi connectivity index (χ3n) is 6.63. The molecule has 0 atom stereocenters. The van der Waals surface area contributed by atoms with Gasteiger partial charge in [-0.1, -0.05) is 24.3 Å². The molecule has 1 aromatic heterocycles. The smallest absolute Gasteiger partial charge is 0.410 e. The molecule has 8 nitrogen and oxygen atoms in total. The Morgan fingerprint density at radius 3 is 2.36 bits per heavy atom. The second kappa shape index (κ2) is 8.93. The lowest BCUT2D eigenvalue weighted by Gasteiger charge is -2.29. The minimum absolute atomic E-state index is 0.178. The highest BCUT2D eigenvalue weighted by Crippen LogP contribution is 2.27. The van der Waals surface area contributed by atoms with Gasteiger partial charge in [-0.25, -0.2) is 14.3 Å². The molecule has 0 aliphatic carbocycles. The number of ether oxygens (including phenoxy) is 1. The molecule has 0 radical (unpaired) electrons. The van der Waals surface area contributed by atoms with Crippen LogP contribution in [0, 0.1) is 0 Å². The predicted octanol–water partition coefficient (Wildman–Crippen LogP) is 4.30. The Kier molecular flexibility index (Phi) is 5.90. The quantitative estimate of drug-likeness (QED) is 0.439. The maximum absolute atomic E-state index is 12.9. The second-order valence-electron chi connectivity index (χ2n) is 10.2. The summed E-state index contributed by atoms with van der Waals surface area (Å²) in [5.41, 5.74) is 4.62. The molecule has 0 saturated carbocycles. The van der Waals surface area contributed by atoms with E-state index in [-0.39, 0.29) is 24.5 Å². The third kappa shape index (κ3) is 4.27. The number of nitrogens with one attached hydrogen (secondary N) is 1. The van der Waals surface area contributed by atoms with Crippen molar-refractivity contribution in [1.82, 2.24) is 14.8 Å². The number of hydrogen-bond acceptors (Lipinski definition) is 4. The van der Waals surface area contributed by atoms with Gasteiger partial charge in [0.25, 0.3) is 17.6 Å². The average Bonchev–Trinajstić information content (AvgIpc) is 3.32. The zero-order chi connectivity index (χ0) is 25.6. The number of amides is 3. The molecule has 36 heavy (non-hydrogen) atoms. The van der Waals surface area contributed by atoms with Crippen LogP contribution in [0.15, 0.2) is 48.5 Å². The molecule has 0 fully saturated rings. The van der Waals surface area contributed by atoms with Crippen molar-refractivity contribution in [2.75, 3.05) is 13.1 Å². The molecule has 0 spiro atoms. The fourth-order valence-corrected chi connectivity index (χ4v) is 4.87. The van der Waals surface area contributed by atoms with Gasteiger partial charge in [0, 0.05) is 13.1 Å². The highest BCUT2D eigenvalue weighted by Gasteiger charge is 2.37. The molecule has 8 heteroatoms. The Labute approximate surface area is 210 Å². The minimum atomic E-state index is -0.515. The number of H-pyrrole nitrogens is 1. The average molecular weight is 488 g/mol. The van der Waals surface area contributed by atoms with Crippen molar-refractivity contribution >= 4 is 34.5 Å². The summed E-state index contributed by atoms with van der Waals surface area (Å²) in [4.78, 5) is 44.6. The monoisotopic (exact) mass is 487 g/mol. The zero-order valence-corrected chi connectivity index (χ0v) is 21.1. The molecule has 186 valence electrons. The molecular weight excluding hydrogens is 456 g/mol. The van der Waals surface area contributed by atoms with E-state index in [1.807, 2.05) is 33.8 Å². The molecule has 1 N–H and O–H groups in total. The van der Waals surface area contributed by atoms with Crippen molar-refractivity contribution in [3.05, 3.63) is 71.1 Å². The van der Waals surface area contributed by atoms with Crippen LogP contribution in [-0.4, -0.2) is 51.4 Å². The van der Waals surface area contributed by atoms with Crippen LogP contribution in [0.5, 0.6) is 0 Å². The summed E-state index contributed by atoms with van der Waals surface area (Å²) in [6.45, 7) is 9.63. The van der Waals surface area contributed by atoms with Gasteiger partial charge in [0.15, 0.2) is 11.0 Å². The highest BCUT2D eigenvalue weighted by atomic mass is 16.6. The number of aromatic amines is 1. The summed E-state index contributed by atoms with van der Waals surface area (Å²) in [6, 6.07) is 13.2. The summed E-state index contributed by atoms with van der Waals surface area (Å²) < 4.78 is 7.61. The van der Waals surface area contributed by atoms with Crippen molar-refractivity contribution in [2.45, 2.75) is 52.8 Å². The molecule has 0 bridgehead atoms. The number of aryl methyl sites for hydroxylation is 1. The van der Waals surface area contributed by atoms with E-state index >= 15 is 0 Å². The third-order valence-corrected chi connectivity index (χ3v) is 6.63. The molecule has 2 aliphatic heterocycles. The number of carbonyl (C=O) groups is 3. The SMILES string of the molecule is CC[n+]1c(CN2C(=O)c3ccccc3C2=O)[nH]c2ccc(C3=CCN(C(=O)OC(C)(C)C)CC3)cc21. The fourth-order valence-electron chi connectivity index (χ4n) is 4.87. The number of nitrogens with zero attached hydrogens (tertiary/aromatic N) is 3. The number of carbonyl (C=O) groups excluding carboxylic acids is 3. The number of fused-ring (bicyclic) bond motifs is 2. The summed E-state index contributed by atoms with van der Waals surface area (Å²) in [5, 5.41) is 0. The van der Waals surface area contributed by atoms with E-state index < -0.39 is 5.60 Å². The summed E-state index contributed by atoms with van der Waals surface area (Å²) in [7, 11) is 0. The summed E-state index contributed by atoms with van der Waals surface area (Å²) in [6.07, 6.45) is 2.53. The maximum Gasteiger partial charge on any atom is 0.410 e. The number of imide groups is 1. The van der Waals surface area contributed by atoms with Crippen LogP contribution in [0.3, 0.4) is 0 Å². The largest absolute Gasteiger partial charge is 0.444 e. The van der Waals surface area contributed by atoms with Crippen LogP contribution >= 0.6 is 0 Å². The van der Waals surface area contributed by atoms with E-state index in [9.17, 15) is 14.4 Å². The zero-order valence-electron chi connectivity index (χ0n) is 21.1. The van der Waals surface area contributed by atoms with Crippen LogP contribution in [0.1, 0.15) is 66.2 Å². The Hall–Kier alpha value is -3.94.